The molecule has 2 heterocycles. The SMILES string of the molecule is CC1CC(C)C(C(=O)N2CCN3CCCC3C2)CC1N. The maximum absolute atomic E-state index is 12.9. The Morgan fingerprint density at radius 1 is 1.10 bits per heavy atom. The lowest BCUT2D eigenvalue weighted by atomic mass is 9.72. The van der Waals surface area contributed by atoms with Crippen LogP contribution >= 0.6 is 0 Å². The van der Waals surface area contributed by atoms with Crippen LogP contribution < -0.4 is 5.73 Å². The summed E-state index contributed by atoms with van der Waals surface area (Å²) in [6, 6.07) is 0.826. The fourth-order valence-corrected chi connectivity index (χ4v) is 4.45. The number of amides is 1. The van der Waals surface area contributed by atoms with E-state index in [2.05, 4.69) is 23.6 Å². The van der Waals surface area contributed by atoms with Gasteiger partial charge in [-0.1, -0.05) is 13.8 Å². The fraction of sp³-hybridized carbons (Fsp3) is 0.938. The molecule has 0 aromatic carbocycles. The second kappa shape index (κ2) is 5.64. The summed E-state index contributed by atoms with van der Waals surface area (Å²) in [6.45, 7) is 8.63. The van der Waals surface area contributed by atoms with Gasteiger partial charge in [0.15, 0.2) is 0 Å². The van der Waals surface area contributed by atoms with Gasteiger partial charge in [-0.15, -0.1) is 0 Å². The van der Waals surface area contributed by atoms with Crippen molar-refractivity contribution >= 4 is 5.91 Å². The van der Waals surface area contributed by atoms with E-state index in [0.29, 0.717) is 23.8 Å². The van der Waals surface area contributed by atoms with Crippen LogP contribution in [0.15, 0.2) is 0 Å². The number of carbonyl (C=O) groups excluding carboxylic acids is 1. The third-order valence-electron chi connectivity index (χ3n) is 5.90. The molecule has 3 aliphatic rings. The van der Waals surface area contributed by atoms with Crippen LogP contribution in [0.5, 0.6) is 0 Å². The molecule has 0 bridgehead atoms. The van der Waals surface area contributed by atoms with Crippen molar-refractivity contribution in [2.45, 2.75) is 51.6 Å². The molecule has 2 N–H and O–H groups in total. The molecule has 0 aromatic rings. The van der Waals surface area contributed by atoms with E-state index in [1.165, 1.54) is 19.4 Å². The zero-order chi connectivity index (χ0) is 14.3. The van der Waals surface area contributed by atoms with Crippen LogP contribution in [-0.2, 0) is 4.79 Å². The summed E-state index contributed by atoms with van der Waals surface area (Å²) in [7, 11) is 0. The van der Waals surface area contributed by atoms with E-state index >= 15 is 0 Å². The molecule has 1 saturated carbocycles. The van der Waals surface area contributed by atoms with Crippen LogP contribution in [-0.4, -0.2) is 54.0 Å². The first-order valence-electron chi connectivity index (χ1n) is 8.34. The standard InChI is InChI=1S/C16H29N3O/c1-11-8-12(2)15(17)9-14(11)16(20)19-7-6-18-5-3-4-13(18)10-19/h11-15H,3-10,17H2,1-2H3. The highest BCUT2D eigenvalue weighted by atomic mass is 16.2. The summed E-state index contributed by atoms with van der Waals surface area (Å²) in [4.78, 5) is 17.5. The van der Waals surface area contributed by atoms with Gasteiger partial charge >= 0.3 is 0 Å². The highest BCUT2D eigenvalue weighted by Crippen LogP contribution is 2.34. The van der Waals surface area contributed by atoms with Crippen molar-refractivity contribution < 1.29 is 4.79 Å². The lowest BCUT2D eigenvalue weighted by Crippen LogP contribution is -2.55. The Morgan fingerprint density at radius 3 is 2.70 bits per heavy atom. The molecule has 5 atom stereocenters. The molecule has 0 radical (unpaired) electrons. The van der Waals surface area contributed by atoms with Crippen LogP contribution in [0.2, 0.25) is 0 Å². The van der Waals surface area contributed by atoms with Gasteiger partial charge in [0.2, 0.25) is 5.91 Å². The van der Waals surface area contributed by atoms with E-state index in [9.17, 15) is 4.79 Å². The molecule has 2 saturated heterocycles. The zero-order valence-corrected chi connectivity index (χ0v) is 12.9. The van der Waals surface area contributed by atoms with Gasteiger partial charge in [-0.05, 0) is 44.1 Å². The number of hydrogen-bond donors (Lipinski definition) is 1. The van der Waals surface area contributed by atoms with Crippen LogP contribution in [0.4, 0.5) is 0 Å². The lowest BCUT2D eigenvalue weighted by molar-refractivity contribution is -0.141. The lowest BCUT2D eigenvalue weighted by Gasteiger charge is -2.42. The van der Waals surface area contributed by atoms with E-state index in [-0.39, 0.29) is 12.0 Å². The number of nitrogens with zero attached hydrogens (tertiary/aromatic N) is 2. The Bertz CT molecular complexity index is 373. The molecule has 20 heavy (non-hydrogen) atoms. The molecule has 3 rings (SSSR count). The highest BCUT2D eigenvalue weighted by Gasteiger charge is 2.39. The molecular weight excluding hydrogens is 250 g/mol. The van der Waals surface area contributed by atoms with Gasteiger partial charge in [-0.25, -0.2) is 0 Å². The maximum Gasteiger partial charge on any atom is 0.226 e. The van der Waals surface area contributed by atoms with Crippen LogP contribution in [0.1, 0.15) is 39.5 Å². The van der Waals surface area contributed by atoms with E-state index in [1.54, 1.807) is 0 Å². The number of carbonyl (C=O) groups is 1. The molecule has 4 nitrogen and oxygen atoms in total. The van der Waals surface area contributed by atoms with Gasteiger partial charge in [0, 0.05) is 37.6 Å². The molecule has 114 valence electrons. The maximum atomic E-state index is 12.9. The van der Waals surface area contributed by atoms with Gasteiger partial charge in [0.05, 0.1) is 0 Å². The minimum absolute atomic E-state index is 0.161. The number of fused-ring (bicyclic) bond motifs is 1. The minimum atomic E-state index is 0.161. The Kier molecular flexibility index (Phi) is 4.04. The highest BCUT2D eigenvalue weighted by molar-refractivity contribution is 5.79. The van der Waals surface area contributed by atoms with Gasteiger partial charge < -0.3 is 10.6 Å². The first-order valence-corrected chi connectivity index (χ1v) is 8.34. The van der Waals surface area contributed by atoms with E-state index in [0.717, 1.165) is 32.5 Å². The Labute approximate surface area is 122 Å². The molecule has 0 aromatic heterocycles. The third kappa shape index (κ3) is 2.60. The second-order valence-electron chi connectivity index (χ2n) is 7.31. The van der Waals surface area contributed by atoms with Crippen molar-refractivity contribution in [2.75, 3.05) is 26.2 Å². The van der Waals surface area contributed by atoms with Crippen molar-refractivity contribution in [3.8, 4) is 0 Å². The average molecular weight is 279 g/mol. The van der Waals surface area contributed by atoms with Crippen molar-refractivity contribution in [3.05, 3.63) is 0 Å². The molecule has 1 aliphatic carbocycles. The van der Waals surface area contributed by atoms with E-state index < -0.39 is 0 Å². The average Bonchev–Trinajstić information content (AvgIpc) is 2.89. The fourth-order valence-electron chi connectivity index (χ4n) is 4.45. The summed E-state index contributed by atoms with van der Waals surface area (Å²) in [6.07, 6.45) is 4.54. The Hall–Kier alpha value is -0.610. The van der Waals surface area contributed by atoms with Crippen molar-refractivity contribution in [1.82, 2.24) is 9.80 Å². The predicted octanol–water partition coefficient (Wildman–Crippen LogP) is 1.30. The minimum Gasteiger partial charge on any atom is -0.340 e. The topological polar surface area (TPSA) is 49.6 Å². The van der Waals surface area contributed by atoms with Crippen molar-refractivity contribution in [1.29, 1.82) is 0 Å². The van der Waals surface area contributed by atoms with Crippen molar-refractivity contribution in [2.24, 2.45) is 23.5 Å². The zero-order valence-electron chi connectivity index (χ0n) is 12.9. The van der Waals surface area contributed by atoms with Gasteiger partial charge in [0.25, 0.3) is 0 Å². The monoisotopic (exact) mass is 279 g/mol. The van der Waals surface area contributed by atoms with Gasteiger partial charge in [-0.2, -0.15) is 0 Å². The van der Waals surface area contributed by atoms with Crippen molar-refractivity contribution in [3.63, 3.8) is 0 Å². The number of nitrogens with two attached hydrogens (primary N) is 1. The quantitative estimate of drug-likeness (QED) is 0.787. The smallest absolute Gasteiger partial charge is 0.226 e. The van der Waals surface area contributed by atoms with Gasteiger partial charge in [-0.3, -0.25) is 9.69 Å². The largest absolute Gasteiger partial charge is 0.340 e. The van der Waals surface area contributed by atoms with E-state index in [1.807, 2.05) is 0 Å². The normalized spacial score (nSPS) is 42.5. The van der Waals surface area contributed by atoms with Crippen LogP contribution in [0.3, 0.4) is 0 Å². The number of hydrogen-bond acceptors (Lipinski definition) is 3. The third-order valence-corrected chi connectivity index (χ3v) is 5.90. The van der Waals surface area contributed by atoms with Gasteiger partial charge in [0.1, 0.15) is 0 Å². The molecule has 5 unspecified atom stereocenters. The molecule has 1 amide bonds. The molecule has 2 aliphatic heterocycles. The first-order chi connectivity index (χ1) is 9.56. The molecule has 0 spiro atoms. The summed E-state index contributed by atoms with van der Waals surface area (Å²) in [5.74, 6) is 1.58. The first kappa shape index (κ1) is 14.3. The summed E-state index contributed by atoms with van der Waals surface area (Å²) in [5, 5.41) is 0. The van der Waals surface area contributed by atoms with Crippen LogP contribution in [0.25, 0.3) is 0 Å². The van der Waals surface area contributed by atoms with E-state index in [4.69, 9.17) is 5.73 Å². The summed E-state index contributed by atoms with van der Waals surface area (Å²) < 4.78 is 0. The number of rotatable bonds is 1. The molecular formula is C16H29N3O. The second-order valence-corrected chi connectivity index (χ2v) is 7.31. The Morgan fingerprint density at radius 2 is 1.90 bits per heavy atom. The molecule has 3 fully saturated rings. The molecule has 4 heteroatoms. The van der Waals surface area contributed by atoms with Crippen LogP contribution in [0, 0.1) is 17.8 Å². The summed E-state index contributed by atoms with van der Waals surface area (Å²) in [5.41, 5.74) is 6.20. The summed E-state index contributed by atoms with van der Waals surface area (Å²) >= 11 is 0. The Balaban J connectivity index is 1.63. The number of piperazine rings is 1. The predicted molar refractivity (Wildman–Crippen MR) is 80.2 cm³/mol.